The summed E-state index contributed by atoms with van der Waals surface area (Å²) in [5.74, 6) is 0. The third kappa shape index (κ3) is 2.07. The van der Waals surface area contributed by atoms with Gasteiger partial charge in [-0.1, -0.05) is 0 Å². The van der Waals surface area contributed by atoms with E-state index >= 15 is 0 Å². The van der Waals surface area contributed by atoms with Crippen LogP contribution in [0.2, 0.25) is 0 Å². The Hall–Kier alpha value is -1.32. The number of hydrogen-bond donors (Lipinski definition) is 0. The summed E-state index contributed by atoms with van der Waals surface area (Å²) in [5, 5.41) is 3.98. The van der Waals surface area contributed by atoms with Crippen LogP contribution in [0.25, 0.3) is 0 Å². The maximum atomic E-state index is 10.2. The molecule has 0 radical (unpaired) electrons. The Morgan fingerprint density at radius 2 is 2.55 bits per heavy atom. The number of nitrogens with zero attached hydrogens (tertiary/aromatic N) is 3. The molecule has 0 saturated heterocycles. The van der Waals surface area contributed by atoms with E-state index in [2.05, 4.69) is 5.10 Å². The molecule has 0 saturated carbocycles. The molecule has 1 amide bonds. The quantitative estimate of drug-likeness (QED) is 0.574. The maximum absolute atomic E-state index is 10.2. The largest absolute Gasteiger partial charge is 0.344 e. The molecule has 0 aliphatic heterocycles. The summed E-state index contributed by atoms with van der Waals surface area (Å²) in [7, 11) is 3.59. The lowest BCUT2D eigenvalue weighted by molar-refractivity contribution is -0.117. The normalized spacial score (nSPS) is 9.64. The van der Waals surface area contributed by atoms with E-state index in [1.807, 2.05) is 13.2 Å². The fourth-order valence-corrected chi connectivity index (χ4v) is 0.879. The van der Waals surface area contributed by atoms with Gasteiger partial charge in [0.25, 0.3) is 0 Å². The summed E-state index contributed by atoms with van der Waals surface area (Å²) in [6.07, 6.45) is 4.44. The Bertz CT molecular complexity index is 244. The van der Waals surface area contributed by atoms with Crippen LogP contribution in [0.4, 0.5) is 0 Å². The highest BCUT2D eigenvalue weighted by Crippen LogP contribution is 1.98. The molecule has 0 spiro atoms. The number of carbonyl (C=O) groups is 1. The minimum atomic E-state index is 0.622. The van der Waals surface area contributed by atoms with E-state index in [0.29, 0.717) is 6.54 Å². The summed E-state index contributed by atoms with van der Waals surface area (Å²) >= 11 is 0. The fraction of sp³-hybridized carbons (Fsp3) is 0.429. The van der Waals surface area contributed by atoms with E-state index in [4.69, 9.17) is 0 Å². The molecule has 0 aliphatic carbocycles. The number of carbonyl (C=O) groups excluding carboxylic acids is 1. The van der Waals surface area contributed by atoms with Gasteiger partial charge < -0.3 is 4.90 Å². The fourth-order valence-electron chi connectivity index (χ4n) is 0.879. The van der Waals surface area contributed by atoms with Crippen LogP contribution < -0.4 is 0 Å². The van der Waals surface area contributed by atoms with Crippen LogP contribution in [-0.4, -0.2) is 28.1 Å². The van der Waals surface area contributed by atoms with Crippen LogP contribution in [0.1, 0.15) is 5.56 Å². The molecule has 1 rings (SSSR count). The van der Waals surface area contributed by atoms with Gasteiger partial charge >= 0.3 is 0 Å². The van der Waals surface area contributed by atoms with Crippen LogP contribution in [0.3, 0.4) is 0 Å². The van der Waals surface area contributed by atoms with Gasteiger partial charge in [0.1, 0.15) is 0 Å². The van der Waals surface area contributed by atoms with E-state index in [1.54, 1.807) is 22.8 Å². The molecule has 0 bridgehead atoms. The average Bonchev–Trinajstić information content (AvgIpc) is 2.35. The molecule has 0 N–H and O–H groups in total. The smallest absolute Gasteiger partial charge is 0.209 e. The lowest BCUT2D eigenvalue weighted by atomic mass is 10.3. The van der Waals surface area contributed by atoms with Crippen LogP contribution in [0, 0.1) is 0 Å². The first-order chi connectivity index (χ1) is 5.22. The Labute approximate surface area is 65.4 Å². The van der Waals surface area contributed by atoms with Gasteiger partial charge in [-0.3, -0.25) is 9.48 Å². The standard InChI is InChI=1S/C7H11N3O/c1-9(6-11)4-7-3-8-10(2)5-7/h3,5-6H,4H2,1-2H3. The first kappa shape index (κ1) is 7.78. The predicted molar refractivity (Wildman–Crippen MR) is 40.7 cm³/mol. The molecular weight excluding hydrogens is 142 g/mol. The molecule has 1 aromatic heterocycles. The number of aromatic nitrogens is 2. The molecule has 4 heteroatoms. The van der Waals surface area contributed by atoms with Gasteiger partial charge in [0.15, 0.2) is 0 Å². The molecule has 0 aromatic carbocycles. The minimum Gasteiger partial charge on any atom is -0.344 e. The first-order valence-corrected chi connectivity index (χ1v) is 3.35. The SMILES string of the molecule is CN(C=O)Cc1cnn(C)c1. The van der Waals surface area contributed by atoms with Crippen molar-refractivity contribution in [1.29, 1.82) is 0 Å². The van der Waals surface area contributed by atoms with Gasteiger partial charge in [0.2, 0.25) is 6.41 Å². The van der Waals surface area contributed by atoms with E-state index in [-0.39, 0.29) is 0 Å². The topological polar surface area (TPSA) is 38.1 Å². The van der Waals surface area contributed by atoms with Crippen LogP contribution in [0.5, 0.6) is 0 Å². The van der Waals surface area contributed by atoms with Crippen molar-refractivity contribution >= 4 is 6.41 Å². The van der Waals surface area contributed by atoms with Crippen molar-refractivity contribution in [3.8, 4) is 0 Å². The van der Waals surface area contributed by atoms with Gasteiger partial charge in [-0.05, 0) is 0 Å². The van der Waals surface area contributed by atoms with E-state index < -0.39 is 0 Å². The van der Waals surface area contributed by atoms with Crippen molar-refractivity contribution in [3.63, 3.8) is 0 Å². The Balaban J connectivity index is 2.57. The Morgan fingerprint density at radius 3 is 3.00 bits per heavy atom. The van der Waals surface area contributed by atoms with Crippen molar-refractivity contribution in [2.24, 2.45) is 7.05 Å². The van der Waals surface area contributed by atoms with Crippen molar-refractivity contribution in [2.45, 2.75) is 6.54 Å². The summed E-state index contributed by atoms with van der Waals surface area (Å²) < 4.78 is 1.72. The van der Waals surface area contributed by atoms with E-state index in [0.717, 1.165) is 12.0 Å². The molecule has 4 nitrogen and oxygen atoms in total. The lowest BCUT2D eigenvalue weighted by Gasteiger charge is -2.06. The Morgan fingerprint density at radius 1 is 1.82 bits per heavy atom. The van der Waals surface area contributed by atoms with Crippen molar-refractivity contribution in [2.75, 3.05) is 7.05 Å². The monoisotopic (exact) mass is 153 g/mol. The van der Waals surface area contributed by atoms with Gasteiger partial charge in [-0.2, -0.15) is 5.10 Å². The highest BCUT2D eigenvalue weighted by molar-refractivity contribution is 5.46. The zero-order chi connectivity index (χ0) is 8.27. The van der Waals surface area contributed by atoms with Gasteiger partial charge in [0.05, 0.1) is 6.20 Å². The summed E-state index contributed by atoms with van der Waals surface area (Å²) in [4.78, 5) is 11.8. The lowest BCUT2D eigenvalue weighted by Crippen LogP contribution is -2.14. The third-order valence-electron chi connectivity index (χ3n) is 1.37. The highest BCUT2D eigenvalue weighted by Gasteiger charge is 1.97. The van der Waals surface area contributed by atoms with E-state index in [9.17, 15) is 4.79 Å². The number of amides is 1. The molecular formula is C7H11N3O. The molecule has 0 aliphatic rings. The second-order valence-corrected chi connectivity index (χ2v) is 2.54. The molecule has 11 heavy (non-hydrogen) atoms. The second-order valence-electron chi connectivity index (χ2n) is 2.54. The van der Waals surface area contributed by atoms with Gasteiger partial charge in [-0.15, -0.1) is 0 Å². The molecule has 0 atom stereocenters. The number of hydrogen-bond acceptors (Lipinski definition) is 2. The highest BCUT2D eigenvalue weighted by atomic mass is 16.1. The van der Waals surface area contributed by atoms with E-state index in [1.165, 1.54) is 0 Å². The van der Waals surface area contributed by atoms with Crippen molar-refractivity contribution in [3.05, 3.63) is 18.0 Å². The number of rotatable bonds is 3. The van der Waals surface area contributed by atoms with Crippen LogP contribution >= 0.6 is 0 Å². The van der Waals surface area contributed by atoms with Crippen LogP contribution in [-0.2, 0) is 18.4 Å². The molecule has 0 fully saturated rings. The molecule has 1 heterocycles. The van der Waals surface area contributed by atoms with Gasteiger partial charge in [-0.25, -0.2) is 0 Å². The maximum Gasteiger partial charge on any atom is 0.209 e. The second kappa shape index (κ2) is 3.18. The Kier molecular flexibility index (Phi) is 2.25. The zero-order valence-corrected chi connectivity index (χ0v) is 6.69. The molecule has 1 aromatic rings. The van der Waals surface area contributed by atoms with Crippen LogP contribution in [0.15, 0.2) is 12.4 Å². The molecule has 60 valence electrons. The first-order valence-electron chi connectivity index (χ1n) is 3.35. The summed E-state index contributed by atoms with van der Waals surface area (Å²) in [5.41, 5.74) is 1.04. The van der Waals surface area contributed by atoms with Gasteiger partial charge in [0, 0.05) is 32.4 Å². The summed E-state index contributed by atoms with van der Waals surface area (Å²) in [6, 6.07) is 0. The predicted octanol–water partition coefficient (Wildman–Crippen LogP) is 0.00830. The average molecular weight is 153 g/mol. The summed E-state index contributed by atoms with van der Waals surface area (Å²) in [6.45, 7) is 0.622. The third-order valence-corrected chi connectivity index (χ3v) is 1.37. The minimum absolute atomic E-state index is 0.622. The molecule has 0 unspecified atom stereocenters. The zero-order valence-electron chi connectivity index (χ0n) is 6.69. The van der Waals surface area contributed by atoms with Crippen molar-refractivity contribution in [1.82, 2.24) is 14.7 Å². The number of aryl methyl sites for hydroxylation is 1. The van der Waals surface area contributed by atoms with Crippen molar-refractivity contribution < 1.29 is 4.79 Å².